The molecular weight excluding hydrogens is 334 g/mol. The Morgan fingerprint density at radius 1 is 1.30 bits per heavy atom. The van der Waals surface area contributed by atoms with Crippen LogP contribution in [0, 0.1) is 0 Å². The summed E-state index contributed by atoms with van der Waals surface area (Å²) in [5, 5.41) is 4.89. The first-order valence-electron chi connectivity index (χ1n) is 7.39. The Morgan fingerprint density at radius 3 is 2.83 bits per heavy atom. The average Bonchev–Trinajstić information content (AvgIpc) is 3.09. The van der Waals surface area contributed by atoms with Crippen molar-refractivity contribution in [3.05, 3.63) is 45.9 Å². The van der Waals surface area contributed by atoms with Gasteiger partial charge in [0, 0.05) is 23.7 Å². The van der Waals surface area contributed by atoms with Gasteiger partial charge in [-0.3, -0.25) is 4.79 Å². The highest BCUT2D eigenvalue weighted by molar-refractivity contribution is 7.88. The van der Waals surface area contributed by atoms with E-state index in [0.29, 0.717) is 38.3 Å². The predicted molar refractivity (Wildman–Crippen MR) is 89.8 cm³/mol. The van der Waals surface area contributed by atoms with Crippen LogP contribution >= 0.6 is 11.3 Å². The number of sulfonamides is 1. The van der Waals surface area contributed by atoms with E-state index in [9.17, 15) is 13.2 Å². The molecule has 0 aromatic carbocycles. The minimum atomic E-state index is -3.22. The van der Waals surface area contributed by atoms with Gasteiger partial charge in [0.1, 0.15) is 5.69 Å². The number of carbonyl (C=O) groups excluding carboxylic acids is 1. The molecule has 2 aromatic rings. The number of nitrogens with zero attached hydrogens (tertiary/aromatic N) is 2. The number of carbonyl (C=O) groups is 1. The summed E-state index contributed by atoms with van der Waals surface area (Å²) in [7, 11) is -3.22. The number of aromatic nitrogens is 1. The van der Waals surface area contributed by atoms with Gasteiger partial charge < -0.3 is 9.88 Å². The molecule has 2 aromatic heterocycles. The Labute approximate surface area is 139 Å². The van der Waals surface area contributed by atoms with Crippen molar-refractivity contribution in [3.63, 3.8) is 0 Å². The molecule has 3 rings (SSSR count). The van der Waals surface area contributed by atoms with Gasteiger partial charge in [0.05, 0.1) is 19.3 Å². The van der Waals surface area contributed by atoms with E-state index < -0.39 is 10.0 Å². The Morgan fingerprint density at radius 2 is 2.13 bits per heavy atom. The molecule has 8 heteroatoms. The lowest BCUT2D eigenvalue weighted by atomic mass is 10.3. The third-order valence-corrected chi connectivity index (χ3v) is 6.03. The van der Waals surface area contributed by atoms with Crippen LogP contribution in [0.25, 0.3) is 0 Å². The van der Waals surface area contributed by atoms with Crippen LogP contribution in [0.5, 0.6) is 0 Å². The standard InChI is InChI=1S/C15H19N3O3S2/c1-23(20,21)17-7-3-8-18-12(11-17)5-6-14(18)15(19)16-10-13-4-2-9-22-13/h2,4-6,9H,3,7-8,10-11H2,1H3,(H,16,19). The van der Waals surface area contributed by atoms with Crippen LogP contribution in [0.15, 0.2) is 29.6 Å². The third-order valence-electron chi connectivity index (χ3n) is 3.90. The lowest BCUT2D eigenvalue weighted by Gasteiger charge is -2.16. The average molecular weight is 353 g/mol. The minimum Gasteiger partial charge on any atom is -0.346 e. The summed E-state index contributed by atoms with van der Waals surface area (Å²) in [5.41, 5.74) is 1.45. The summed E-state index contributed by atoms with van der Waals surface area (Å²) >= 11 is 1.60. The van der Waals surface area contributed by atoms with Gasteiger partial charge in [0.2, 0.25) is 10.0 Å². The summed E-state index contributed by atoms with van der Waals surface area (Å²) in [5.74, 6) is -0.127. The van der Waals surface area contributed by atoms with Crippen molar-refractivity contribution in [2.75, 3.05) is 12.8 Å². The molecule has 6 nitrogen and oxygen atoms in total. The monoisotopic (exact) mass is 353 g/mol. The van der Waals surface area contributed by atoms with Gasteiger partial charge in [0.25, 0.3) is 5.91 Å². The summed E-state index contributed by atoms with van der Waals surface area (Å²) < 4.78 is 26.9. The first-order chi connectivity index (χ1) is 10.9. The topological polar surface area (TPSA) is 71.4 Å². The van der Waals surface area contributed by atoms with Crippen LogP contribution < -0.4 is 5.32 Å². The van der Waals surface area contributed by atoms with Gasteiger partial charge in [-0.25, -0.2) is 8.42 Å². The predicted octanol–water partition coefficient (Wildman–Crippen LogP) is 1.64. The van der Waals surface area contributed by atoms with Crippen molar-refractivity contribution in [1.29, 1.82) is 0 Å². The van der Waals surface area contributed by atoms with E-state index in [0.717, 1.165) is 10.6 Å². The number of hydrogen-bond donors (Lipinski definition) is 1. The molecular formula is C15H19N3O3S2. The lowest BCUT2D eigenvalue weighted by molar-refractivity contribution is 0.0941. The zero-order chi connectivity index (χ0) is 16.4. The molecule has 23 heavy (non-hydrogen) atoms. The molecule has 0 atom stereocenters. The molecule has 0 radical (unpaired) electrons. The van der Waals surface area contributed by atoms with Crippen LogP contribution in [-0.4, -0.2) is 36.0 Å². The van der Waals surface area contributed by atoms with Crippen LogP contribution in [0.2, 0.25) is 0 Å². The van der Waals surface area contributed by atoms with Gasteiger partial charge in [-0.2, -0.15) is 4.31 Å². The molecule has 1 N–H and O–H groups in total. The third kappa shape index (κ3) is 3.65. The Kier molecular flexibility index (Phi) is 4.56. The van der Waals surface area contributed by atoms with Crippen LogP contribution in [-0.2, 0) is 29.7 Å². The highest BCUT2D eigenvalue weighted by Gasteiger charge is 2.24. The maximum absolute atomic E-state index is 12.4. The number of thiophene rings is 1. The molecule has 0 saturated heterocycles. The maximum Gasteiger partial charge on any atom is 0.268 e. The zero-order valence-corrected chi connectivity index (χ0v) is 14.5. The fourth-order valence-corrected chi connectivity index (χ4v) is 4.20. The van der Waals surface area contributed by atoms with Crippen molar-refractivity contribution >= 4 is 27.3 Å². The molecule has 0 spiro atoms. The highest BCUT2D eigenvalue weighted by atomic mass is 32.2. The van der Waals surface area contributed by atoms with E-state index in [1.165, 1.54) is 10.6 Å². The van der Waals surface area contributed by atoms with Crippen molar-refractivity contribution < 1.29 is 13.2 Å². The van der Waals surface area contributed by atoms with Crippen LogP contribution in [0.3, 0.4) is 0 Å². The number of nitrogens with one attached hydrogen (secondary N) is 1. The van der Waals surface area contributed by atoms with E-state index in [4.69, 9.17) is 0 Å². The summed E-state index contributed by atoms with van der Waals surface area (Å²) in [6.45, 7) is 1.95. The largest absolute Gasteiger partial charge is 0.346 e. The molecule has 0 fully saturated rings. The van der Waals surface area contributed by atoms with Gasteiger partial charge >= 0.3 is 0 Å². The first-order valence-corrected chi connectivity index (χ1v) is 10.1. The second-order valence-corrected chi connectivity index (χ2v) is 8.59. The summed E-state index contributed by atoms with van der Waals surface area (Å²) in [6, 6.07) is 7.54. The molecule has 1 amide bonds. The second kappa shape index (κ2) is 6.46. The van der Waals surface area contributed by atoms with E-state index >= 15 is 0 Å². The second-order valence-electron chi connectivity index (χ2n) is 5.57. The zero-order valence-electron chi connectivity index (χ0n) is 12.9. The molecule has 3 heterocycles. The first kappa shape index (κ1) is 16.2. The van der Waals surface area contributed by atoms with Gasteiger partial charge in [-0.15, -0.1) is 11.3 Å². The van der Waals surface area contributed by atoms with Crippen LogP contribution in [0.4, 0.5) is 0 Å². The van der Waals surface area contributed by atoms with Gasteiger partial charge in [-0.1, -0.05) is 6.07 Å². The fourth-order valence-electron chi connectivity index (χ4n) is 2.73. The quantitative estimate of drug-likeness (QED) is 0.908. The SMILES string of the molecule is CS(=O)(=O)N1CCCn2c(ccc2C(=O)NCc2cccs2)C1. The number of hydrogen-bond acceptors (Lipinski definition) is 4. The van der Waals surface area contributed by atoms with E-state index in [1.807, 2.05) is 28.1 Å². The molecule has 124 valence electrons. The Balaban J connectivity index is 1.75. The number of rotatable bonds is 4. The smallest absolute Gasteiger partial charge is 0.268 e. The minimum absolute atomic E-state index is 0.127. The van der Waals surface area contributed by atoms with Gasteiger partial charge in [0.15, 0.2) is 0 Å². The van der Waals surface area contributed by atoms with E-state index in [-0.39, 0.29) is 5.91 Å². The Hall–Kier alpha value is -1.64. The molecule has 0 aliphatic carbocycles. The van der Waals surface area contributed by atoms with E-state index in [1.54, 1.807) is 17.4 Å². The summed E-state index contributed by atoms with van der Waals surface area (Å²) in [6.07, 6.45) is 1.92. The van der Waals surface area contributed by atoms with Crippen molar-refractivity contribution in [2.45, 2.75) is 26.1 Å². The van der Waals surface area contributed by atoms with Crippen molar-refractivity contribution in [3.8, 4) is 0 Å². The molecule has 0 bridgehead atoms. The highest BCUT2D eigenvalue weighted by Crippen LogP contribution is 2.19. The molecule has 1 aliphatic heterocycles. The lowest BCUT2D eigenvalue weighted by Crippen LogP contribution is -2.29. The van der Waals surface area contributed by atoms with Crippen LogP contribution in [0.1, 0.15) is 27.5 Å². The normalized spacial score (nSPS) is 15.9. The molecule has 0 saturated carbocycles. The molecule has 1 aliphatic rings. The number of fused-ring (bicyclic) bond motifs is 1. The van der Waals surface area contributed by atoms with Crippen molar-refractivity contribution in [1.82, 2.24) is 14.2 Å². The summed E-state index contributed by atoms with van der Waals surface area (Å²) in [4.78, 5) is 13.5. The van der Waals surface area contributed by atoms with Crippen molar-refractivity contribution in [2.24, 2.45) is 0 Å². The van der Waals surface area contributed by atoms with E-state index in [2.05, 4.69) is 5.32 Å². The maximum atomic E-state index is 12.4. The molecule has 0 unspecified atom stereocenters. The Bertz CT molecular complexity index is 794. The number of amides is 1. The fraction of sp³-hybridized carbons (Fsp3) is 0.400. The van der Waals surface area contributed by atoms with Gasteiger partial charge in [-0.05, 0) is 30.0 Å².